The summed E-state index contributed by atoms with van der Waals surface area (Å²) in [6.07, 6.45) is 0. The number of amides is 1. The van der Waals surface area contributed by atoms with Crippen LogP contribution >= 0.6 is 11.6 Å². The van der Waals surface area contributed by atoms with Crippen LogP contribution in [0.1, 0.15) is 17.3 Å². The molecule has 1 fully saturated rings. The molecule has 26 heavy (non-hydrogen) atoms. The molecule has 2 aromatic rings. The highest BCUT2D eigenvalue weighted by atomic mass is 35.5. The van der Waals surface area contributed by atoms with Crippen LogP contribution in [0.15, 0.2) is 48.5 Å². The monoisotopic (exact) mass is 371 g/mol. The highest BCUT2D eigenvalue weighted by molar-refractivity contribution is 6.30. The van der Waals surface area contributed by atoms with Gasteiger partial charge in [0.1, 0.15) is 0 Å². The van der Waals surface area contributed by atoms with E-state index in [0.717, 1.165) is 29.5 Å². The average molecular weight is 372 g/mol. The minimum atomic E-state index is 0.0335. The van der Waals surface area contributed by atoms with Gasteiger partial charge in [-0.2, -0.15) is 0 Å². The summed E-state index contributed by atoms with van der Waals surface area (Å²) in [5.41, 5.74) is 2.63. The molecule has 1 N–H and O–H groups in total. The Balaban J connectivity index is 1.47. The highest BCUT2D eigenvalue weighted by Crippen LogP contribution is 2.19. The number of ketones is 1. The van der Waals surface area contributed by atoms with Crippen molar-refractivity contribution >= 4 is 34.7 Å². The van der Waals surface area contributed by atoms with Crippen LogP contribution in [0.4, 0.5) is 11.4 Å². The van der Waals surface area contributed by atoms with Crippen LogP contribution in [0, 0.1) is 0 Å². The second-order valence-corrected chi connectivity index (χ2v) is 6.77. The fourth-order valence-corrected chi connectivity index (χ4v) is 3.10. The van der Waals surface area contributed by atoms with Crippen molar-refractivity contribution in [2.45, 2.75) is 6.92 Å². The topological polar surface area (TPSA) is 52.7 Å². The maximum atomic E-state index is 12.4. The summed E-state index contributed by atoms with van der Waals surface area (Å²) in [6.45, 7) is 4.80. The molecule has 0 saturated carbocycles. The predicted octanol–water partition coefficient (Wildman–Crippen LogP) is 3.30. The van der Waals surface area contributed by atoms with Crippen molar-refractivity contribution in [3.8, 4) is 0 Å². The maximum absolute atomic E-state index is 12.4. The minimum Gasteiger partial charge on any atom is -0.376 e. The van der Waals surface area contributed by atoms with E-state index in [-0.39, 0.29) is 18.2 Å². The molecule has 1 amide bonds. The largest absolute Gasteiger partial charge is 0.376 e. The first kappa shape index (κ1) is 18.3. The molecule has 0 spiro atoms. The summed E-state index contributed by atoms with van der Waals surface area (Å²) in [6, 6.07) is 15.0. The van der Waals surface area contributed by atoms with Gasteiger partial charge < -0.3 is 15.1 Å². The number of hydrogen-bond donors (Lipinski definition) is 1. The molecule has 0 bridgehead atoms. The lowest BCUT2D eigenvalue weighted by molar-refractivity contribution is -0.129. The Labute approximate surface area is 158 Å². The van der Waals surface area contributed by atoms with Crippen LogP contribution in [0.25, 0.3) is 0 Å². The van der Waals surface area contributed by atoms with Crippen molar-refractivity contribution in [2.75, 3.05) is 42.9 Å². The number of halogens is 1. The number of hydrogen-bond acceptors (Lipinski definition) is 4. The van der Waals surface area contributed by atoms with Crippen LogP contribution in [-0.4, -0.2) is 49.3 Å². The Hall–Kier alpha value is -2.53. The zero-order valence-electron chi connectivity index (χ0n) is 14.7. The highest BCUT2D eigenvalue weighted by Gasteiger charge is 2.21. The second-order valence-electron chi connectivity index (χ2n) is 6.33. The molecule has 5 nitrogen and oxygen atoms in total. The lowest BCUT2D eigenvalue weighted by Gasteiger charge is -2.36. The van der Waals surface area contributed by atoms with Gasteiger partial charge >= 0.3 is 0 Å². The molecule has 6 heteroatoms. The van der Waals surface area contributed by atoms with Crippen LogP contribution in [0.3, 0.4) is 0 Å². The molecule has 0 aliphatic carbocycles. The molecule has 2 aromatic carbocycles. The SMILES string of the molecule is CC(=O)c1ccc(NCC(=O)N2CCN(c3ccc(Cl)cc3)CC2)cc1. The summed E-state index contributed by atoms with van der Waals surface area (Å²) >= 11 is 5.93. The van der Waals surface area contributed by atoms with Gasteiger partial charge in [-0.25, -0.2) is 0 Å². The number of carbonyl (C=O) groups is 2. The fourth-order valence-electron chi connectivity index (χ4n) is 2.98. The van der Waals surface area contributed by atoms with E-state index in [0.29, 0.717) is 18.7 Å². The van der Waals surface area contributed by atoms with Gasteiger partial charge in [0.15, 0.2) is 5.78 Å². The van der Waals surface area contributed by atoms with Gasteiger partial charge in [-0.1, -0.05) is 11.6 Å². The Bertz CT molecular complexity index is 767. The van der Waals surface area contributed by atoms with Crippen molar-refractivity contribution in [3.05, 3.63) is 59.1 Å². The standard InChI is InChI=1S/C20H22ClN3O2/c1-15(25)16-2-6-18(7-3-16)22-14-20(26)24-12-10-23(11-13-24)19-8-4-17(21)5-9-19/h2-9,22H,10-14H2,1H3. The number of carbonyl (C=O) groups excluding carboxylic acids is 2. The van der Waals surface area contributed by atoms with E-state index >= 15 is 0 Å². The number of Topliss-reactive ketones (excluding diaryl/α,β-unsaturated/α-hetero) is 1. The molecule has 0 radical (unpaired) electrons. The summed E-state index contributed by atoms with van der Waals surface area (Å²) in [5.74, 6) is 0.114. The number of anilines is 2. The normalized spacial score (nSPS) is 14.2. The van der Waals surface area contributed by atoms with E-state index in [1.54, 1.807) is 12.1 Å². The molecular weight excluding hydrogens is 350 g/mol. The molecule has 0 unspecified atom stereocenters. The van der Waals surface area contributed by atoms with Gasteiger partial charge in [-0.15, -0.1) is 0 Å². The Morgan fingerprint density at radius 1 is 0.962 bits per heavy atom. The lowest BCUT2D eigenvalue weighted by atomic mass is 10.1. The lowest BCUT2D eigenvalue weighted by Crippen LogP contribution is -2.50. The van der Waals surface area contributed by atoms with E-state index < -0.39 is 0 Å². The minimum absolute atomic E-state index is 0.0335. The summed E-state index contributed by atoms with van der Waals surface area (Å²) in [7, 11) is 0. The van der Waals surface area contributed by atoms with Gasteiger partial charge in [0.2, 0.25) is 5.91 Å². The van der Waals surface area contributed by atoms with E-state index in [1.165, 1.54) is 6.92 Å². The second kappa shape index (κ2) is 8.23. The van der Waals surface area contributed by atoms with E-state index in [1.807, 2.05) is 41.3 Å². The van der Waals surface area contributed by atoms with Crippen molar-refractivity contribution in [1.82, 2.24) is 4.90 Å². The number of nitrogens with zero attached hydrogens (tertiary/aromatic N) is 2. The van der Waals surface area contributed by atoms with Gasteiger partial charge in [-0.3, -0.25) is 9.59 Å². The first-order valence-electron chi connectivity index (χ1n) is 8.66. The molecule has 1 saturated heterocycles. The van der Waals surface area contributed by atoms with Crippen LogP contribution in [0.2, 0.25) is 5.02 Å². The van der Waals surface area contributed by atoms with Crippen LogP contribution in [0.5, 0.6) is 0 Å². The van der Waals surface area contributed by atoms with Crippen molar-refractivity contribution in [1.29, 1.82) is 0 Å². The first-order chi connectivity index (χ1) is 12.5. The average Bonchev–Trinajstić information content (AvgIpc) is 2.67. The Kier molecular flexibility index (Phi) is 5.78. The summed E-state index contributed by atoms with van der Waals surface area (Å²) in [4.78, 5) is 27.8. The molecule has 3 rings (SSSR count). The van der Waals surface area contributed by atoms with Crippen LogP contribution < -0.4 is 10.2 Å². The smallest absolute Gasteiger partial charge is 0.241 e. The maximum Gasteiger partial charge on any atom is 0.241 e. The summed E-state index contributed by atoms with van der Waals surface area (Å²) in [5, 5.41) is 3.85. The van der Waals surface area contributed by atoms with E-state index in [9.17, 15) is 9.59 Å². The molecule has 1 heterocycles. The Morgan fingerprint density at radius 3 is 2.15 bits per heavy atom. The fraction of sp³-hybridized carbons (Fsp3) is 0.300. The van der Waals surface area contributed by atoms with Crippen molar-refractivity contribution in [2.24, 2.45) is 0 Å². The van der Waals surface area contributed by atoms with E-state index in [2.05, 4.69) is 10.2 Å². The quantitative estimate of drug-likeness (QED) is 0.819. The summed E-state index contributed by atoms with van der Waals surface area (Å²) < 4.78 is 0. The molecular formula is C20H22ClN3O2. The van der Waals surface area contributed by atoms with Crippen molar-refractivity contribution in [3.63, 3.8) is 0 Å². The first-order valence-corrected chi connectivity index (χ1v) is 9.04. The molecule has 1 aliphatic rings. The number of benzene rings is 2. The molecule has 136 valence electrons. The number of nitrogens with one attached hydrogen (secondary N) is 1. The molecule has 1 aliphatic heterocycles. The number of rotatable bonds is 5. The third-order valence-electron chi connectivity index (χ3n) is 4.56. The van der Waals surface area contributed by atoms with Gasteiger partial charge in [0.25, 0.3) is 0 Å². The Morgan fingerprint density at radius 2 is 1.58 bits per heavy atom. The van der Waals surface area contributed by atoms with Gasteiger partial charge in [-0.05, 0) is 55.5 Å². The predicted molar refractivity (Wildman–Crippen MR) is 105 cm³/mol. The molecule has 0 aromatic heterocycles. The molecule has 0 atom stereocenters. The third-order valence-corrected chi connectivity index (χ3v) is 4.81. The third kappa shape index (κ3) is 4.55. The van der Waals surface area contributed by atoms with Crippen LogP contribution in [-0.2, 0) is 4.79 Å². The van der Waals surface area contributed by atoms with Gasteiger partial charge in [0.05, 0.1) is 6.54 Å². The zero-order chi connectivity index (χ0) is 18.5. The van der Waals surface area contributed by atoms with Crippen molar-refractivity contribution < 1.29 is 9.59 Å². The van der Waals surface area contributed by atoms with E-state index in [4.69, 9.17) is 11.6 Å². The number of piperazine rings is 1. The zero-order valence-corrected chi connectivity index (χ0v) is 15.5. The van der Waals surface area contributed by atoms with Gasteiger partial charge in [0, 0.05) is 48.1 Å².